The molecule has 0 aliphatic heterocycles. The number of hydrogen-bond acceptors (Lipinski definition) is 3. The van der Waals surface area contributed by atoms with Crippen molar-refractivity contribution >= 4 is 29.9 Å². The van der Waals surface area contributed by atoms with E-state index in [-0.39, 0.29) is 30.1 Å². The Balaban J connectivity index is 0.00000338. The van der Waals surface area contributed by atoms with Gasteiger partial charge in [-0.2, -0.15) is 0 Å². The van der Waals surface area contributed by atoms with Crippen LogP contribution in [0.4, 0.5) is 0 Å². The zero-order valence-electron chi connectivity index (χ0n) is 16.3. The van der Waals surface area contributed by atoms with Crippen molar-refractivity contribution < 1.29 is 9.47 Å². The van der Waals surface area contributed by atoms with E-state index in [1.54, 1.807) is 14.2 Å². The summed E-state index contributed by atoms with van der Waals surface area (Å²) in [4.78, 5) is 4.37. The molecule has 1 aromatic rings. The third-order valence-electron chi connectivity index (χ3n) is 5.27. The number of rotatable bonds is 9. The summed E-state index contributed by atoms with van der Waals surface area (Å²) in [7, 11) is 5.34. The Morgan fingerprint density at radius 2 is 1.85 bits per heavy atom. The van der Waals surface area contributed by atoms with Gasteiger partial charge >= 0.3 is 0 Å². The van der Waals surface area contributed by atoms with E-state index in [0.717, 1.165) is 25.5 Å². The second kappa shape index (κ2) is 12.5. The van der Waals surface area contributed by atoms with Crippen molar-refractivity contribution in [2.24, 2.45) is 10.4 Å². The van der Waals surface area contributed by atoms with Gasteiger partial charge in [-0.25, -0.2) is 0 Å². The molecule has 0 bridgehead atoms. The molecule has 148 valence electrons. The monoisotopic (exact) mass is 475 g/mol. The number of benzene rings is 1. The van der Waals surface area contributed by atoms with Crippen LogP contribution in [0, 0.1) is 5.41 Å². The number of ether oxygens (including phenoxy) is 2. The van der Waals surface area contributed by atoms with Crippen molar-refractivity contribution in [3.8, 4) is 0 Å². The van der Waals surface area contributed by atoms with Gasteiger partial charge in [0.2, 0.25) is 0 Å². The number of methoxy groups -OCH3 is 2. The van der Waals surface area contributed by atoms with E-state index < -0.39 is 0 Å². The molecule has 26 heavy (non-hydrogen) atoms. The lowest BCUT2D eigenvalue weighted by molar-refractivity contribution is 0.106. The van der Waals surface area contributed by atoms with E-state index in [9.17, 15) is 0 Å². The van der Waals surface area contributed by atoms with Crippen LogP contribution in [0.3, 0.4) is 0 Å². The van der Waals surface area contributed by atoms with Crippen molar-refractivity contribution in [2.45, 2.75) is 38.2 Å². The van der Waals surface area contributed by atoms with Gasteiger partial charge in [0.05, 0.1) is 6.10 Å². The third-order valence-corrected chi connectivity index (χ3v) is 5.27. The Morgan fingerprint density at radius 1 is 1.15 bits per heavy atom. The number of aliphatic imine (C=N–C) groups is 1. The average molecular weight is 475 g/mol. The highest BCUT2D eigenvalue weighted by Crippen LogP contribution is 2.40. The molecule has 1 aliphatic rings. The van der Waals surface area contributed by atoms with Crippen molar-refractivity contribution in [1.82, 2.24) is 10.6 Å². The van der Waals surface area contributed by atoms with Crippen LogP contribution in [0.5, 0.6) is 0 Å². The first-order valence-corrected chi connectivity index (χ1v) is 9.24. The lowest BCUT2D eigenvalue weighted by Crippen LogP contribution is -2.44. The molecule has 1 saturated carbocycles. The number of guanidine groups is 1. The summed E-state index contributed by atoms with van der Waals surface area (Å²) < 4.78 is 10.9. The SMILES string of the molecule is CN=C(NCC(OC)c1ccccc1)NCC1(CCOC)CCCC1.I. The predicted molar refractivity (Wildman–Crippen MR) is 118 cm³/mol. The van der Waals surface area contributed by atoms with Crippen LogP contribution in [-0.2, 0) is 9.47 Å². The predicted octanol–water partition coefficient (Wildman–Crippen LogP) is 3.75. The minimum absolute atomic E-state index is 0. The van der Waals surface area contributed by atoms with Crippen molar-refractivity contribution in [1.29, 1.82) is 0 Å². The maximum atomic E-state index is 5.62. The zero-order chi connectivity index (χ0) is 18.0. The van der Waals surface area contributed by atoms with Gasteiger partial charge < -0.3 is 20.1 Å². The summed E-state index contributed by atoms with van der Waals surface area (Å²) in [5.74, 6) is 0.835. The summed E-state index contributed by atoms with van der Waals surface area (Å²) in [5, 5.41) is 6.92. The van der Waals surface area contributed by atoms with E-state index in [0.29, 0.717) is 12.0 Å². The molecular weight excluding hydrogens is 441 g/mol. The van der Waals surface area contributed by atoms with Gasteiger partial charge in [-0.15, -0.1) is 24.0 Å². The first-order valence-electron chi connectivity index (χ1n) is 9.24. The number of hydrogen-bond donors (Lipinski definition) is 2. The van der Waals surface area contributed by atoms with Crippen LogP contribution in [0.2, 0.25) is 0 Å². The van der Waals surface area contributed by atoms with Gasteiger partial charge in [-0.3, -0.25) is 4.99 Å². The van der Waals surface area contributed by atoms with E-state index in [1.807, 2.05) is 25.2 Å². The van der Waals surface area contributed by atoms with Gasteiger partial charge in [-0.1, -0.05) is 43.2 Å². The van der Waals surface area contributed by atoms with Crippen molar-refractivity contribution in [3.63, 3.8) is 0 Å². The Hall–Kier alpha value is -0.860. The molecule has 2 N–H and O–H groups in total. The second-order valence-corrected chi connectivity index (χ2v) is 6.89. The van der Waals surface area contributed by atoms with E-state index >= 15 is 0 Å². The molecule has 1 unspecified atom stereocenters. The Kier molecular flexibility index (Phi) is 11.2. The number of nitrogens with one attached hydrogen (secondary N) is 2. The molecule has 2 rings (SSSR count). The molecule has 0 saturated heterocycles. The molecule has 1 atom stereocenters. The van der Waals surface area contributed by atoms with Gasteiger partial charge in [-0.05, 0) is 30.2 Å². The van der Waals surface area contributed by atoms with Crippen LogP contribution in [0.15, 0.2) is 35.3 Å². The van der Waals surface area contributed by atoms with E-state index in [2.05, 4.69) is 27.8 Å². The lowest BCUT2D eigenvalue weighted by Gasteiger charge is -2.30. The highest BCUT2D eigenvalue weighted by atomic mass is 127. The normalized spacial score (nSPS) is 17.4. The van der Waals surface area contributed by atoms with Crippen LogP contribution in [0.25, 0.3) is 0 Å². The molecule has 1 aromatic carbocycles. The van der Waals surface area contributed by atoms with Crippen LogP contribution < -0.4 is 10.6 Å². The number of halogens is 1. The minimum atomic E-state index is 0. The molecule has 6 heteroatoms. The Bertz CT molecular complexity index is 519. The molecule has 1 aliphatic carbocycles. The quantitative estimate of drug-likeness (QED) is 0.325. The smallest absolute Gasteiger partial charge is 0.191 e. The molecule has 0 spiro atoms. The lowest BCUT2D eigenvalue weighted by atomic mass is 9.83. The standard InChI is InChI=1S/C20H33N3O2.HI/c1-21-19(22-15-18(25-3)17-9-5-4-6-10-17)23-16-20(13-14-24-2)11-7-8-12-20;/h4-6,9-10,18H,7-8,11-16H2,1-3H3,(H2,21,22,23);1H. The fraction of sp³-hybridized carbons (Fsp3) is 0.650. The summed E-state index contributed by atoms with van der Waals surface area (Å²) in [5.41, 5.74) is 1.51. The van der Waals surface area contributed by atoms with Gasteiger partial charge in [0.1, 0.15) is 0 Å². The minimum Gasteiger partial charge on any atom is -0.385 e. The first-order chi connectivity index (χ1) is 12.2. The number of nitrogens with zero attached hydrogens (tertiary/aromatic N) is 1. The van der Waals surface area contributed by atoms with Crippen molar-refractivity contribution in [3.05, 3.63) is 35.9 Å². The van der Waals surface area contributed by atoms with Gasteiger partial charge in [0.15, 0.2) is 5.96 Å². The fourth-order valence-electron chi connectivity index (χ4n) is 3.64. The topological polar surface area (TPSA) is 54.9 Å². The maximum absolute atomic E-state index is 5.62. The van der Waals surface area contributed by atoms with Crippen LogP contribution in [-0.4, -0.2) is 46.9 Å². The highest BCUT2D eigenvalue weighted by Gasteiger charge is 2.33. The molecule has 0 aromatic heterocycles. The zero-order valence-corrected chi connectivity index (χ0v) is 18.6. The van der Waals surface area contributed by atoms with E-state index in [4.69, 9.17) is 9.47 Å². The summed E-state index contributed by atoms with van der Waals surface area (Å²) >= 11 is 0. The molecule has 0 amide bonds. The van der Waals surface area contributed by atoms with Crippen LogP contribution in [0.1, 0.15) is 43.8 Å². The van der Waals surface area contributed by atoms with E-state index in [1.165, 1.54) is 31.2 Å². The molecule has 5 nitrogen and oxygen atoms in total. The summed E-state index contributed by atoms with van der Waals surface area (Å²) in [6.07, 6.45) is 6.29. The Labute approximate surface area is 175 Å². The second-order valence-electron chi connectivity index (χ2n) is 6.89. The van der Waals surface area contributed by atoms with Crippen molar-refractivity contribution in [2.75, 3.05) is 41.0 Å². The molecule has 0 heterocycles. The first kappa shape index (κ1) is 23.2. The van der Waals surface area contributed by atoms with Crippen LogP contribution >= 0.6 is 24.0 Å². The third kappa shape index (κ3) is 7.04. The van der Waals surface area contributed by atoms with Gasteiger partial charge in [0, 0.05) is 41.0 Å². The molecular formula is C20H34IN3O2. The maximum Gasteiger partial charge on any atom is 0.191 e. The highest BCUT2D eigenvalue weighted by molar-refractivity contribution is 14.0. The van der Waals surface area contributed by atoms with Gasteiger partial charge in [0.25, 0.3) is 0 Å². The Morgan fingerprint density at radius 3 is 2.42 bits per heavy atom. The summed E-state index contributed by atoms with van der Waals surface area (Å²) in [6, 6.07) is 10.3. The summed E-state index contributed by atoms with van der Waals surface area (Å²) in [6.45, 7) is 2.46. The average Bonchev–Trinajstić information content (AvgIpc) is 3.13. The molecule has 0 radical (unpaired) electrons. The fourth-order valence-corrected chi connectivity index (χ4v) is 3.64. The largest absolute Gasteiger partial charge is 0.385 e. The molecule has 1 fully saturated rings.